The van der Waals surface area contributed by atoms with Crippen molar-refractivity contribution in [1.82, 2.24) is 5.32 Å². The Bertz CT molecular complexity index is 1020. The Labute approximate surface area is 185 Å². The van der Waals surface area contributed by atoms with Crippen LogP contribution in [0.1, 0.15) is 44.2 Å². The van der Waals surface area contributed by atoms with Crippen LogP contribution in [0.25, 0.3) is 0 Å². The van der Waals surface area contributed by atoms with Gasteiger partial charge in [0, 0.05) is 27.7 Å². The summed E-state index contributed by atoms with van der Waals surface area (Å²) in [5, 5.41) is 17.4. The highest BCUT2D eigenvalue weighted by molar-refractivity contribution is 6.31. The van der Waals surface area contributed by atoms with Crippen molar-refractivity contribution in [3.63, 3.8) is 0 Å². The van der Waals surface area contributed by atoms with E-state index in [9.17, 15) is 14.7 Å². The van der Waals surface area contributed by atoms with Gasteiger partial charge in [0.2, 0.25) is 5.91 Å². The minimum atomic E-state index is -1.08. The molecule has 1 fully saturated rings. The van der Waals surface area contributed by atoms with Gasteiger partial charge < -0.3 is 10.4 Å². The molecule has 0 radical (unpaired) electrons. The first-order valence-electron chi connectivity index (χ1n) is 9.90. The Morgan fingerprint density at radius 3 is 2.33 bits per heavy atom. The Morgan fingerprint density at radius 1 is 1.10 bits per heavy atom. The van der Waals surface area contributed by atoms with Crippen LogP contribution >= 0.6 is 23.2 Å². The van der Waals surface area contributed by atoms with Gasteiger partial charge in [0.05, 0.1) is 0 Å². The molecule has 5 nitrogen and oxygen atoms in total. The van der Waals surface area contributed by atoms with Crippen LogP contribution in [0.3, 0.4) is 0 Å². The number of carbonyl (C=O) groups is 2. The first kappa shape index (κ1) is 21.2. The summed E-state index contributed by atoms with van der Waals surface area (Å²) in [5.41, 5.74) is 0.969. The Hall–Kier alpha value is -2.08. The van der Waals surface area contributed by atoms with Gasteiger partial charge in [-0.15, -0.1) is 0 Å². The van der Waals surface area contributed by atoms with Crippen LogP contribution in [0, 0.1) is 5.41 Å². The van der Waals surface area contributed by atoms with Crippen molar-refractivity contribution in [2.24, 2.45) is 5.41 Å². The summed E-state index contributed by atoms with van der Waals surface area (Å²) < 4.78 is 0. The van der Waals surface area contributed by atoms with Gasteiger partial charge in [0.15, 0.2) is 0 Å². The zero-order chi connectivity index (χ0) is 21.8. The molecule has 3 N–H and O–H groups in total. The fourth-order valence-electron chi connectivity index (χ4n) is 5.08. The van der Waals surface area contributed by atoms with Gasteiger partial charge in [0.25, 0.3) is 0 Å². The monoisotopic (exact) mass is 446 g/mol. The highest BCUT2D eigenvalue weighted by Crippen LogP contribution is 2.56. The molecule has 2 heterocycles. The van der Waals surface area contributed by atoms with E-state index in [0.29, 0.717) is 22.2 Å². The van der Waals surface area contributed by atoms with Gasteiger partial charge in [0.1, 0.15) is 11.5 Å². The lowest BCUT2D eigenvalue weighted by Gasteiger charge is -2.37. The van der Waals surface area contributed by atoms with Gasteiger partial charge in [-0.05, 0) is 47.2 Å². The van der Waals surface area contributed by atoms with E-state index in [1.54, 1.807) is 24.3 Å². The molecule has 7 heteroatoms. The summed E-state index contributed by atoms with van der Waals surface area (Å²) in [6.07, 6.45) is 0.621. The summed E-state index contributed by atoms with van der Waals surface area (Å²) in [5.74, 6) is -1.80. The maximum atomic E-state index is 13.7. The number of nitrogens with one attached hydrogen (secondary N) is 2. The van der Waals surface area contributed by atoms with E-state index in [1.807, 2.05) is 18.2 Å². The first-order chi connectivity index (χ1) is 14.0. The number of amides is 1. The smallest absolute Gasteiger partial charge is 0.321 e. The number of carbonyl (C=O) groups excluding carboxylic acids is 1. The second-order valence-corrected chi connectivity index (χ2v) is 10.2. The van der Waals surface area contributed by atoms with E-state index < -0.39 is 23.3 Å². The van der Waals surface area contributed by atoms with E-state index in [0.717, 1.165) is 11.1 Å². The molecule has 0 aliphatic carbocycles. The second-order valence-electron chi connectivity index (χ2n) is 9.34. The standard InChI is InChI=1S/C23H24Cl2N2O3/c1-22(2,3)11-17-23(15-9-8-14(25)10-16(15)26-21(23)30)18(19(27-17)20(28)29)12-4-6-13(24)7-5-12/h4-10,17-19,27H,11H2,1-3H3,(H,26,30)(H,28,29). The minimum Gasteiger partial charge on any atom is -0.480 e. The summed E-state index contributed by atoms with van der Waals surface area (Å²) in [7, 11) is 0. The lowest BCUT2D eigenvalue weighted by molar-refractivity contribution is -0.139. The number of hydrogen-bond donors (Lipinski definition) is 3. The molecular weight excluding hydrogens is 423 g/mol. The van der Waals surface area contributed by atoms with Crippen molar-refractivity contribution in [2.75, 3.05) is 5.32 Å². The largest absolute Gasteiger partial charge is 0.480 e. The molecule has 2 aliphatic heterocycles. The third kappa shape index (κ3) is 3.29. The van der Waals surface area contributed by atoms with Crippen molar-refractivity contribution in [1.29, 1.82) is 0 Å². The molecule has 30 heavy (non-hydrogen) atoms. The van der Waals surface area contributed by atoms with E-state index >= 15 is 0 Å². The van der Waals surface area contributed by atoms with Gasteiger partial charge in [-0.25, -0.2) is 0 Å². The van der Waals surface area contributed by atoms with Crippen LogP contribution in [0.2, 0.25) is 10.0 Å². The van der Waals surface area contributed by atoms with Crippen LogP contribution in [-0.2, 0) is 15.0 Å². The van der Waals surface area contributed by atoms with Crippen LogP contribution in [0.5, 0.6) is 0 Å². The number of carboxylic acids is 1. The molecule has 2 aromatic rings. The zero-order valence-corrected chi connectivity index (χ0v) is 18.5. The van der Waals surface area contributed by atoms with Crippen molar-refractivity contribution >= 4 is 40.8 Å². The summed E-state index contributed by atoms with van der Waals surface area (Å²) in [4.78, 5) is 26.0. The molecular formula is C23H24Cl2N2O3. The number of hydrogen-bond acceptors (Lipinski definition) is 3. The average Bonchev–Trinajstić information content (AvgIpc) is 3.11. The summed E-state index contributed by atoms with van der Waals surface area (Å²) >= 11 is 12.3. The topological polar surface area (TPSA) is 78.4 Å². The van der Waals surface area contributed by atoms with Crippen molar-refractivity contribution in [3.05, 3.63) is 63.6 Å². The number of rotatable bonds is 3. The number of carboxylic acid groups (broad SMARTS) is 1. The molecule has 4 unspecified atom stereocenters. The van der Waals surface area contributed by atoms with E-state index in [4.69, 9.17) is 23.2 Å². The quantitative estimate of drug-likeness (QED) is 0.630. The normalized spacial score (nSPS) is 27.9. The maximum Gasteiger partial charge on any atom is 0.321 e. The molecule has 158 valence electrons. The van der Waals surface area contributed by atoms with E-state index in [-0.39, 0.29) is 17.4 Å². The number of benzene rings is 2. The van der Waals surface area contributed by atoms with Gasteiger partial charge in [-0.2, -0.15) is 0 Å². The highest BCUT2D eigenvalue weighted by Gasteiger charge is 2.65. The van der Waals surface area contributed by atoms with Crippen molar-refractivity contribution in [2.45, 2.75) is 50.6 Å². The van der Waals surface area contributed by atoms with Crippen LogP contribution < -0.4 is 10.6 Å². The molecule has 1 spiro atoms. The van der Waals surface area contributed by atoms with Gasteiger partial charge >= 0.3 is 5.97 Å². The minimum absolute atomic E-state index is 0.127. The molecule has 0 bridgehead atoms. The van der Waals surface area contributed by atoms with Crippen LogP contribution in [-0.4, -0.2) is 29.1 Å². The number of fused-ring (bicyclic) bond motifs is 2. The fourth-order valence-corrected chi connectivity index (χ4v) is 5.38. The second kappa shape index (κ2) is 7.26. The maximum absolute atomic E-state index is 13.7. The Balaban J connectivity index is 1.99. The van der Waals surface area contributed by atoms with Crippen molar-refractivity contribution in [3.8, 4) is 0 Å². The lowest BCUT2D eigenvalue weighted by atomic mass is 9.62. The summed E-state index contributed by atoms with van der Waals surface area (Å²) in [6.45, 7) is 6.26. The average molecular weight is 447 g/mol. The molecule has 0 aromatic heterocycles. The Morgan fingerprint density at radius 2 is 1.73 bits per heavy atom. The van der Waals surface area contributed by atoms with Gasteiger partial charge in [-0.3, -0.25) is 14.9 Å². The number of halogens is 2. The molecule has 4 atom stereocenters. The third-order valence-electron chi connectivity index (χ3n) is 6.12. The Kier molecular flexibility index (Phi) is 5.12. The summed E-state index contributed by atoms with van der Waals surface area (Å²) in [6, 6.07) is 11.1. The highest BCUT2D eigenvalue weighted by atomic mass is 35.5. The van der Waals surface area contributed by atoms with E-state index in [1.165, 1.54) is 0 Å². The molecule has 1 amide bonds. The fraction of sp³-hybridized carbons (Fsp3) is 0.391. The van der Waals surface area contributed by atoms with Crippen molar-refractivity contribution < 1.29 is 14.7 Å². The number of anilines is 1. The molecule has 1 saturated heterocycles. The predicted octanol–water partition coefficient (Wildman–Crippen LogP) is 4.83. The molecule has 4 rings (SSSR count). The first-order valence-corrected chi connectivity index (χ1v) is 10.7. The van der Waals surface area contributed by atoms with E-state index in [2.05, 4.69) is 31.4 Å². The van der Waals surface area contributed by atoms with Crippen LogP contribution in [0.4, 0.5) is 5.69 Å². The predicted molar refractivity (Wildman–Crippen MR) is 118 cm³/mol. The molecule has 2 aromatic carbocycles. The number of aliphatic carboxylic acids is 1. The molecule has 2 aliphatic rings. The SMILES string of the molecule is CC(C)(C)CC1NC(C(=O)O)C(c2ccc(Cl)cc2)C12C(=O)Nc1cc(Cl)ccc12. The molecule has 0 saturated carbocycles. The third-order valence-corrected chi connectivity index (χ3v) is 6.60. The van der Waals surface area contributed by atoms with Gasteiger partial charge in [-0.1, -0.05) is 62.2 Å². The zero-order valence-electron chi connectivity index (χ0n) is 17.0. The van der Waals surface area contributed by atoms with Crippen LogP contribution in [0.15, 0.2) is 42.5 Å². The lowest BCUT2D eigenvalue weighted by Crippen LogP contribution is -2.49.